The summed E-state index contributed by atoms with van der Waals surface area (Å²) >= 11 is 0. The molecule has 0 N–H and O–H groups in total. The molecule has 0 fully saturated rings. The molecule has 2 aromatic carbocycles. The summed E-state index contributed by atoms with van der Waals surface area (Å²) in [6.45, 7) is 0. The highest BCUT2D eigenvalue weighted by molar-refractivity contribution is 5.91. The molecule has 0 spiro atoms. The lowest BCUT2D eigenvalue weighted by molar-refractivity contribution is 1.23. The van der Waals surface area contributed by atoms with Gasteiger partial charge in [-0.15, -0.1) is 0 Å². The molecule has 0 aliphatic rings. The third-order valence-corrected chi connectivity index (χ3v) is 5.07. The Kier molecular flexibility index (Phi) is 4.84. The predicted octanol–water partition coefficient (Wildman–Crippen LogP) is 6.54. The Morgan fingerprint density at radius 2 is 1.10 bits per heavy atom. The second kappa shape index (κ2) is 8.10. The SMILES string of the molecule is c1ccc(-c2ccnc(-c3c(-c4ccccc4)ccnc3-c3ccccn3)c2)cc1. The number of benzene rings is 2. The molecule has 3 heteroatoms. The van der Waals surface area contributed by atoms with E-state index in [9.17, 15) is 0 Å². The number of hydrogen-bond donors (Lipinski definition) is 0. The van der Waals surface area contributed by atoms with E-state index in [0.717, 1.165) is 44.9 Å². The molecule has 0 aliphatic carbocycles. The van der Waals surface area contributed by atoms with E-state index in [1.54, 1.807) is 6.20 Å². The van der Waals surface area contributed by atoms with Gasteiger partial charge in [0, 0.05) is 24.2 Å². The van der Waals surface area contributed by atoms with Gasteiger partial charge in [-0.05, 0) is 52.6 Å². The molecule has 142 valence electrons. The fourth-order valence-corrected chi connectivity index (χ4v) is 3.65. The minimum atomic E-state index is 0.828. The fraction of sp³-hybridized carbons (Fsp3) is 0. The second-order valence-corrected chi connectivity index (χ2v) is 6.96. The molecular weight excluding hydrogens is 366 g/mol. The molecule has 0 aliphatic heterocycles. The van der Waals surface area contributed by atoms with Gasteiger partial charge in [0.05, 0.1) is 17.1 Å². The Morgan fingerprint density at radius 1 is 0.433 bits per heavy atom. The Hall–Kier alpha value is -4.11. The monoisotopic (exact) mass is 385 g/mol. The lowest BCUT2D eigenvalue weighted by atomic mass is 9.94. The van der Waals surface area contributed by atoms with Crippen molar-refractivity contribution in [1.29, 1.82) is 0 Å². The highest BCUT2D eigenvalue weighted by Gasteiger charge is 2.17. The third-order valence-electron chi connectivity index (χ3n) is 5.07. The molecule has 0 saturated heterocycles. The second-order valence-electron chi connectivity index (χ2n) is 6.96. The molecule has 0 bridgehead atoms. The van der Waals surface area contributed by atoms with E-state index in [2.05, 4.69) is 35.3 Å². The minimum Gasteiger partial charge on any atom is -0.256 e. The van der Waals surface area contributed by atoms with Gasteiger partial charge in [0.15, 0.2) is 0 Å². The number of hydrogen-bond acceptors (Lipinski definition) is 3. The fourth-order valence-electron chi connectivity index (χ4n) is 3.65. The van der Waals surface area contributed by atoms with Crippen molar-refractivity contribution in [2.45, 2.75) is 0 Å². The summed E-state index contributed by atoms with van der Waals surface area (Å²) in [4.78, 5) is 14.0. The molecular formula is C27H19N3. The summed E-state index contributed by atoms with van der Waals surface area (Å²) in [6.07, 6.45) is 5.50. The van der Waals surface area contributed by atoms with Gasteiger partial charge in [0.25, 0.3) is 0 Å². The van der Waals surface area contributed by atoms with Gasteiger partial charge in [0.1, 0.15) is 0 Å². The zero-order valence-corrected chi connectivity index (χ0v) is 16.3. The van der Waals surface area contributed by atoms with Crippen molar-refractivity contribution >= 4 is 0 Å². The largest absolute Gasteiger partial charge is 0.256 e. The minimum absolute atomic E-state index is 0.828. The number of nitrogens with zero attached hydrogens (tertiary/aromatic N) is 3. The average molecular weight is 385 g/mol. The van der Waals surface area contributed by atoms with Crippen molar-refractivity contribution < 1.29 is 0 Å². The molecule has 3 nitrogen and oxygen atoms in total. The first-order chi connectivity index (χ1) is 14.9. The van der Waals surface area contributed by atoms with E-state index in [0.29, 0.717) is 0 Å². The van der Waals surface area contributed by atoms with Crippen LogP contribution in [0.3, 0.4) is 0 Å². The Balaban J connectivity index is 1.76. The van der Waals surface area contributed by atoms with Gasteiger partial charge in [-0.25, -0.2) is 0 Å². The summed E-state index contributed by atoms with van der Waals surface area (Å²) in [5.74, 6) is 0. The van der Waals surface area contributed by atoms with Crippen LogP contribution in [-0.2, 0) is 0 Å². The summed E-state index contributed by atoms with van der Waals surface area (Å²) in [5.41, 5.74) is 8.01. The van der Waals surface area contributed by atoms with Crippen molar-refractivity contribution in [3.8, 4) is 44.9 Å². The molecule has 3 aromatic heterocycles. The smallest absolute Gasteiger partial charge is 0.0986 e. The molecule has 0 saturated carbocycles. The van der Waals surface area contributed by atoms with Gasteiger partial charge >= 0.3 is 0 Å². The van der Waals surface area contributed by atoms with Crippen LogP contribution in [0, 0.1) is 0 Å². The van der Waals surface area contributed by atoms with Gasteiger partial charge in [-0.3, -0.25) is 15.0 Å². The molecule has 5 rings (SSSR count). The Morgan fingerprint density at radius 3 is 1.83 bits per heavy atom. The first-order valence-electron chi connectivity index (χ1n) is 9.88. The van der Waals surface area contributed by atoms with Gasteiger partial charge in [-0.1, -0.05) is 66.7 Å². The third kappa shape index (κ3) is 3.49. The first-order valence-corrected chi connectivity index (χ1v) is 9.88. The van der Waals surface area contributed by atoms with E-state index in [1.807, 2.05) is 79.1 Å². The van der Waals surface area contributed by atoms with Crippen LogP contribution in [0.15, 0.2) is 116 Å². The van der Waals surface area contributed by atoms with Crippen molar-refractivity contribution in [2.75, 3.05) is 0 Å². The van der Waals surface area contributed by atoms with Crippen molar-refractivity contribution in [3.63, 3.8) is 0 Å². The number of aromatic nitrogens is 3. The highest BCUT2D eigenvalue weighted by atomic mass is 14.8. The lowest BCUT2D eigenvalue weighted by Gasteiger charge is -2.15. The quantitative estimate of drug-likeness (QED) is 0.352. The van der Waals surface area contributed by atoms with Gasteiger partial charge < -0.3 is 0 Å². The summed E-state index contributed by atoms with van der Waals surface area (Å²) in [5, 5.41) is 0. The summed E-state index contributed by atoms with van der Waals surface area (Å²) in [6, 6.07) is 32.8. The molecule has 5 aromatic rings. The standard InChI is InChI=1S/C27H19N3/c1-3-9-20(10-4-1)22-14-17-29-25(19-22)26-23(21-11-5-2-6-12-21)15-18-30-27(26)24-13-7-8-16-28-24/h1-19H. The number of pyridine rings is 3. The maximum Gasteiger partial charge on any atom is 0.0986 e. The van der Waals surface area contributed by atoms with Crippen LogP contribution in [0.4, 0.5) is 0 Å². The van der Waals surface area contributed by atoms with E-state index in [4.69, 9.17) is 9.97 Å². The highest BCUT2D eigenvalue weighted by Crippen LogP contribution is 2.38. The molecule has 0 amide bonds. The molecule has 3 heterocycles. The van der Waals surface area contributed by atoms with Crippen LogP contribution in [0.5, 0.6) is 0 Å². The zero-order chi connectivity index (χ0) is 20.2. The average Bonchev–Trinajstić information content (AvgIpc) is 2.85. The van der Waals surface area contributed by atoms with Gasteiger partial charge in [-0.2, -0.15) is 0 Å². The van der Waals surface area contributed by atoms with E-state index >= 15 is 0 Å². The zero-order valence-electron chi connectivity index (χ0n) is 16.3. The van der Waals surface area contributed by atoms with Crippen molar-refractivity contribution in [1.82, 2.24) is 15.0 Å². The van der Waals surface area contributed by atoms with E-state index in [1.165, 1.54) is 0 Å². The van der Waals surface area contributed by atoms with Crippen LogP contribution < -0.4 is 0 Å². The van der Waals surface area contributed by atoms with Crippen molar-refractivity contribution in [3.05, 3.63) is 116 Å². The van der Waals surface area contributed by atoms with Gasteiger partial charge in [0.2, 0.25) is 0 Å². The van der Waals surface area contributed by atoms with Crippen molar-refractivity contribution in [2.24, 2.45) is 0 Å². The summed E-state index contributed by atoms with van der Waals surface area (Å²) < 4.78 is 0. The van der Waals surface area contributed by atoms with Crippen LogP contribution in [0.1, 0.15) is 0 Å². The van der Waals surface area contributed by atoms with E-state index in [-0.39, 0.29) is 0 Å². The normalized spacial score (nSPS) is 10.7. The maximum absolute atomic E-state index is 4.74. The first kappa shape index (κ1) is 18.0. The van der Waals surface area contributed by atoms with Crippen LogP contribution in [-0.4, -0.2) is 15.0 Å². The molecule has 0 unspecified atom stereocenters. The molecule has 0 atom stereocenters. The van der Waals surface area contributed by atoms with Crippen LogP contribution in [0.25, 0.3) is 44.9 Å². The lowest BCUT2D eigenvalue weighted by Crippen LogP contribution is -1.96. The number of rotatable bonds is 4. The van der Waals surface area contributed by atoms with E-state index < -0.39 is 0 Å². The Bertz CT molecular complexity index is 1210. The van der Waals surface area contributed by atoms with Crippen LogP contribution >= 0.6 is 0 Å². The predicted molar refractivity (Wildman–Crippen MR) is 122 cm³/mol. The Labute approximate surface area is 175 Å². The topological polar surface area (TPSA) is 38.7 Å². The molecule has 0 radical (unpaired) electrons. The molecule has 30 heavy (non-hydrogen) atoms. The maximum atomic E-state index is 4.74. The summed E-state index contributed by atoms with van der Waals surface area (Å²) in [7, 11) is 0. The van der Waals surface area contributed by atoms with Crippen LogP contribution in [0.2, 0.25) is 0 Å².